The van der Waals surface area contributed by atoms with Crippen molar-refractivity contribution in [3.63, 3.8) is 0 Å². The lowest BCUT2D eigenvalue weighted by Gasteiger charge is -2.28. The summed E-state index contributed by atoms with van der Waals surface area (Å²) in [5.74, 6) is -3.24. The predicted molar refractivity (Wildman–Crippen MR) is 103 cm³/mol. The fraction of sp³-hybridized carbons (Fsp3) is 0.304. The number of rotatable bonds is 6. The third kappa shape index (κ3) is 5.12. The molecule has 1 aliphatic heterocycles. The molecule has 2 aromatic rings. The lowest BCUT2D eigenvalue weighted by molar-refractivity contribution is -0.237. The molecule has 0 saturated carbocycles. The SMILES string of the molecule is C=C(F)OC(F)(F)c1ccc(-c2c(F)cc(C3CCC(/C=C/C)CO3)cc2F)cc1F. The Bertz CT molecular complexity index is 971. The van der Waals surface area contributed by atoms with Crippen LogP contribution in [0.5, 0.6) is 0 Å². The van der Waals surface area contributed by atoms with Crippen LogP contribution in [0.15, 0.2) is 55.1 Å². The van der Waals surface area contributed by atoms with E-state index < -0.39 is 46.8 Å². The van der Waals surface area contributed by atoms with Crippen LogP contribution in [0.25, 0.3) is 11.1 Å². The summed E-state index contributed by atoms with van der Waals surface area (Å²) in [5.41, 5.74) is -1.86. The first-order valence-electron chi connectivity index (χ1n) is 9.57. The third-order valence-corrected chi connectivity index (χ3v) is 5.02. The number of allylic oxidation sites excluding steroid dienone is 1. The van der Waals surface area contributed by atoms with Crippen LogP contribution in [-0.2, 0) is 15.6 Å². The van der Waals surface area contributed by atoms with E-state index in [0.717, 1.165) is 24.6 Å². The van der Waals surface area contributed by atoms with Crippen LogP contribution in [0.3, 0.4) is 0 Å². The molecule has 0 N–H and O–H groups in total. The summed E-state index contributed by atoms with van der Waals surface area (Å²) in [6.45, 7) is 4.86. The van der Waals surface area contributed by atoms with Crippen LogP contribution in [0.1, 0.15) is 37.0 Å². The van der Waals surface area contributed by atoms with Crippen molar-refractivity contribution in [3.8, 4) is 11.1 Å². The van der Waals surface area contributed by atoms with E-state index >= 15 is 0 Å². The molecule has 1 saturated heterocycles. The molecule has 2 aromatic carbocycles. The van der Waals surface area contributed by atoms with Crippen molar-refractivity contribution in [1.82, 2.24) is 0 Å². The number of hydrogen-bond acceptors (Lipinski definition) is 2. The quantitative estimate of drug-likeness (QED) is 0.265. The fourth-order valence-corrected chi connectivity index (χ4v) is 3.61. The Balaban J connectivity index is 1.87. The Hall–Kier alpha value is -2.74. The summed E-state index contributed by atoms with van der Waals surface area (Å²) in [6, 6.07) is 2.39. The highest BCUT2D eigenvalue weighted by Gasteiger charge is 2.38. The maximum Gasteiger partial charge on any atom is 0.431 e. The van der Waals surface area contributed by atoms with Crippen molar-refractivity contribution in [2.45, 2.75) is 32.0 Å². The van der Waals surface area contributed by atoms with Crippen molar-refractivity contribution in [2.75, 3.05) is 6.61 Å². The molecule has 8 heteroatoms. The molecule has 31 heavy (non-hydrogen) atoms. The van der Waals surface area contributed by atoms with Gasteiger partial charge in [-0.1, -0.05) is 18.2 Å². The number of halogens is 6. The Labute approximate surface area is 175 Å². The summed E-state index contributed by atoms with van der Waals surface area (Å²) in [4.78, 5) is 0. The van der Waals surface area contributed by atoms with Gasteiger partial charge in [0.05, 0.1) is 18.3 Å². The first-order valence-corrected chi connectivity index (χ1v) is 9.57. The minimum atomic E-state index is -4.33. The first kappa shape index (κ1) is 22.9. The molecule has 0 aromatic heterocycles. The zero-order chi connectivity index (χ0) is 22.8. The Morgan fingerprint density at radius 3 is 2.29 bits per heavy atom. The summed E-state index contributed by atoms with van der Waals surface area (Å²) < 4.78 is 93.1. The lowest BCUT2D eigenvalue weighted by Crippen LogP contribution is -2.19. The van der Waals surface area contributed by atoms with Gasteiger partial charge in [0, 0.05) is 5.92 Å². The van der Waals surface area contributed by atoms with E-state index in [9.17, 15) is 26.3 Å². The smallest absolute Gasteiger partial charge is 0.403 e. The standard InChI is InChI=1S/C23H20F6O2/c1-3-4-14-5-8-21(30-12-14)16-10-19(26)22(20(27)11-16)15-6-7-17(18(25)9-15)23(28,29)31-13(2)24/h3-4,6-7,9-11,14,21H,2,5,8,12H2,1H3/b4-3+. The summed E-state index contributed by atoms with van der Waals surface area (Å²) in [5, 5.41) is 0. The van der Waals surface area contributed by atoms with Gasteiger partial charge in [-0.05, 0) is 61.7 Å². The largest absolute Gasteiger partial charge is 0.431 e. The second-order valence-electron chi connectivity index (χ2n) is 7.21. The van der Waals surface area contributed by atoms with Crippen LogP contribution in [-0.4, -0.2) is 6.61 Å². The van der Waals surface area contributed by atoms with Crippen molar-refractivity contribution < 1.29 is 35.8 Å². The minimum absolute atomic E-state index is 0.244. The maximum absolute atomic E-state index is 14.7. The third-order valence-electron chi connectivity index (χ3n) is 5.02. The lowest BCUT2D eigenvalue weighted by atomic mass is 9.92. The van der Waals surface area contributed by atoms with Crippen LogP contribution in [0.4, 0.5) is 26.3 Å². The van der Waals surface area contributed by atoms with Gasteiger partial charge in [0.15, 0.2) is 0 Å². The zero-order valence-corrected chi connectivity index (χ0v) is 16.6. The van der Waals surface area contributed by atoms with E-state index in [1.807, 2.05) is 19.1 Å². The molecule has 0 spiro atoms. The average molecular weight is 442 g/mol. The molecular weight excluding hydrogens is 422 g/mol. The van der Waals surface area contributed by atoms with Crippen LogP contribution in [0.2, 0.25) is 0 Å². The molecule has 1 heterocycles. The molecule has 0 aliphatic carbocycles. The number of hydrogen-bond donors (Lipinski definition) is 0. The average Bonchev–Trinajstić information content (AvgIpc) is 2.67. The monoisotopic (exact) mass is 442 g/mol. The van der Waals surface area contributed by atoms with E-state index in [1.54, 1.807) is 0 Å². The second-order valence-corrected chi connectivity index (χ2v) is 7.21. The number of alkyl halides is 2. The molecule has 0 radical (unpaired) electrons. The van der Waals surface area contributed by atoms with Gasteiger partial charge in [0.2, 0.25) is 0 Å². The molecule has 1 aliphatic rings. The molecule has 166 valence electrons. The van der Waals surface area contributed by atoms with Gasteiger partial charge in [0.1, 0.15) is 23.0 Å². The van der Waals surface area contributed by atoms with Crippen LogP contribution < -0.4 is 0 Å². The van der Waals surface area contributed by atoms with Gasteiger partial charge in [0.25, 0.3) is 6.01 Å². The molecule has 3 rings (SSSR count). The van der Waals surface area contributed by atoms with Gasteiger partial charge < -0.3 is 9.47 Å². The van der Waals surface area contributed by atoms with Crippen molar-refractivity contribution in [2.24, 2.45) is 5.92 Å². The van der Waals surface area contributed by atoms with Gasteiger partial charge >= 0.3 is 6.11 Å². The predicted octanol–water partition coefficient (Wildman–Crippen LogP) is 7.32. The van der Waals surface area contributed by atoms with E-state index in [4.69, 9.17) is 4.74 Å². The van der Waals surface area contributed by atoms with E-state index in [0.29, 0.717) is 30.7 Å². The number of ether oxygens (including phenoxy) is 2. The van der Waals surface area contributed by atoms with Crippen molar-refractivity contribution >= 4 is 0 Å². The number of benzene rings is 2. The minimum Gasteiger partial charge on any atom is -0.403 e. The van der Waals surface area contributed by atoms with E-state index in [2.05, 4.69) is 11.3 Å². The first-order chi connectivity index (χ1) is 14.6. The molecule has 2 unspecified atom stereocenters. The van der Waals surface area contributed by atoms with E-state index in [1.165, 1.54) is 0 Å². The van der Waals surface area contributed by atoms with Crippen LogP contribution >= 0.6 is 0 Å². The molecule has 0 bridgehead atoms. The summed E-state index contributed by atoms with van der Waals surface area (Å²) in [7, 11) is 0. The molecule has 1 fully saturated rings. The Morgan fingerprint density at radius 2 is 1.77 bits per heavy atom. The highest BCUT2D eigenvalue weighted by atomic mass is 19.3. The van der Waals surface area contributed by atoms with Crippen molar-refractivity contribution in [3.05, 3.63) is 83.7 Å². The van der Waals surface area contributed by atoms with Crippen LogP contribution in [0, 0.1) is 23.4 Å². The van der Waals surface area contributed by atoms with Gasteiger partial charge in [-0.3, -0.25) is 0 Å². The summed E-state index contributed by atoms with van der Waals surface area (Å²) >= 11 is 0. The maximum atomic E-state index is 14.7. The normalized spacial score (nSPS) is 19.6. The Kier molecular flexibility index (Phi) is 6.79. The highest BCUT2D eigenvalue weighted by molar-refractivity contribution is 5.66. The topological polar surface area (TPSA) is 18.5 Å². The zero-order valence-electron chi connectivity index (χ0n) is 16.6. The molecule has 0 amide bonds. The highest BCUT2D eigenvalue weighted by Crippen LogP contribution is 2.38. The Morgan fingerprint density at radius 1 is 1.10 bits per heavy atom. The fourth-order valence-electron chi connectivity index (χ4n) is 3.61. The molecular formula is C23H20F6O2. The molecule has 2 atom stereocenters. The van der Waals surface area contributed by atoms with Gasteiger partial charge in [-0.25, -0.2) is 13.2 Å². The molecule has 2 nitrogen and oxygen atoms in total. The second kappa shape index (κ2) is 9.18. The van der Waals surface area contributed by atoms with Gasteiger partial charge in [-0.2, -0.15) is 13.2 Å². The van der Waals surface area contributed by atoms with Crippen molar-refractivity contribution in [1.29, 1.82) is 0 Å². The van der Waals surface area contributed by atoms with E-state index in [-0.39, 0.29) is 11.5 Å². The summed E-state index contributed by atoms with van der Waals surface area (Å²) in [6.07, 6.45) is 0.487. The van der Waals surface area contributed by atoms with Gasteiger partial charge in [-0.15, -0.1) is 0 Å².